The fourth-order valence-corrected chi connectivity index (χ4v) is 2.61. The average molecular weight is 362 g/mol. The Morgan fingerprint density at radius 3 is 2.33 bits per heavy atom. The van der Waals surface area contributed by atoms with E-state index in [2.05, 4.69) is 19.2 Å². The predicted octanol–water partition coefficient (Wildman–Crippen LogP) is 3.79. The van der Waals surface area contributed by atoms with Crippen LogP contribution in [0, 0.1) is 11.3 Å². The second-order valence-corrected chi connectivity index (χ2v) is 6.31. The van der Waals surface area contributed by atoms with E-state index in [4.69, 9.17) is 5.73 Å². The lowest BCUT2D eigenvalue weighted by atomic mass is 10.0. The molecule has 2 rings (SSSR count). The van der Waals surface area contributed by atoms with Gasteiger partial charge in [-0.05, 0) is 41.8 Å². The number of para-hydroxylation sites is 1. The van der Waals surface area contributed by atoms with Crippen LogP contribution in [0.4, 0.5) is 17.1 Å². The van der Waals surface area contributed by atoms with Crippen molar-refractivity contribution in [2.24, 2.45) is 0 Å². The first-order valence-corrected chi connectivity index (χ1v) is 8.51. The number of rotatable bonds is 5. The van der Waals surface area contributed by atoms with E-state index in [9.17, 15) is 14.9 Å². The molecule has 6 nitrogen and oxygen atoms in total. The normalized spacial score (nSPS) is 11.0. The highest BCUT2D eigenvalue weighted by atomic mass is 16.2. The van der Waals surface area contributed by atoms with Crippen LogP contribution in [-0.2, 0) is 9.59 Å². The van der Waals surface area contributed by atoms with Gasteiger partial charge in [-0.2, -0.15) is 5.26 Å². The average Bonchev–Trinajstić information content (AvgIpc) is 2.64. The van der Waals surface area contributed by atoms with Crippen molar-refractivity contribution in [3.05, 3.63) is 65.9 Å². The van der Waals surface area contributed by atoms with Gasteiger partial charge in [0.2, 0.25) is 5.91 Å². The Morgan fingerprint density at radius 1 is 1.15 bits per heavy atom. The summed E-state index contributed by atoms with van der Waals surface area (Å²) in [5.74, 6) is -0.926. The van der Waals surface area contributed by atoms with E-state index in [1.165, 1.54) is 13.1 Å². The van der Waals surface area contributed by atoms with Crippen LogP contribution in [0.2, 0.25) is 0 Å². The van der Waals surface area contributed by atoms with Crippen LogP contribution >= 0.6 is 0 Å². The highest BCUT2D eigenvalue weighted by Crippen LogP contribution is 2.24. The van der Waals surface area contributed by atoms with E-state index in [0.717, 1.165) is 16.2 Å². The van der Waals surface area contributed by atoms with Crippen molar-refractivity contribution in [3.63, 3.8) is 0 Å². The summed E-state index contributed by atoms with van der Waals surface area (Å²) in [6.07, 6.45) is 1.33. The Hall–Kier alpha value is -3.59. The first-order chi connectivity index (χ1) is 12.8. The summed E-state index contributed by atoms with van der Waals surface area (Å²) >= 11 is 0. The Labute approximate surface area is 158 Å². The minimum absolute atomic E-state index is 0.180. The number of hydrogen-bond acceptors (Lipinski definition) is 5. The van der Waals surface area contributed by atoms with Crippen LogP contribution in [0.15, 0.2) is 60.3 Å². The summed E-state index contributed by atoms with van der Waals surface area (Å²) in [5, 5.41) is 12.5. The number of nitrogen functional groups attached to an aromatic ring is 1. The Morgan fingerprint density at radius 2 is 1.78 bits per heavy atom. The number of amides is 2. The number of hydrogen-bond donors (Lipinski definition) is 2. The molecule has 0 bridgehead atoms. The molecule has 2 amide bonds. The van der Waals surface area contributed by atoms with E-state index < -0.39 is 11.8 Å². The zero-order valence-electron chi connectivity index (χ0n) is 15.6. The van der Waals surface area contributed by atoms with Gasteiger partial charge in [-0.15, -0.1) is 0 Å². The Kier molecular flexibility index (Phi) is 6.34. The summed E-state index contributed by atoms with van der Waals surface area (Å²) in [7, 11) is 0. The molecule has 0 saturated heterocycles. The molecule has 0 fully saturated rings. The van der Waals surface area contributed by atoms with E-state index >= 15 is 0 Å². The molecule has 27 heavy (non-hydrogen) atoms. The van der Waals surface area contributed by atoms with Crippen molar-refractivity contribution in [1.82, 2.24) is 0 Å². The van der Waals surface area contributed by atoms with Gasteiger partial charge in [0.15, 0.2) is 0 Å². The molecule has 0 aromatic heterocycles. The third kappa shape index (κ3) is 4.73. The summed E-state index contributed by atoms with van der Waals surface area (Å²) < 4.78 is 0. The second kappa shape index (κ2) is 8.68. The number of nitrogens with two attached hydrogens (primary N) is 1. The van der Waals surface area contributed by atoms with Crippen LogP contribution in [-0.4, -0.2) is 11.8 Å². The van der Waals surface area contributed by atoms with E-state index in [0.29, 0.717) is 11.4 Å². The molecule has 3 N–H and O–H groups in total. The number of anilines is 3. The van der Waals surface area contributed by atoms with Gasteiger partial charge in [-0.3, -0.25) is 9.59 Å². The summed E-state index contributed by atoms with van der Waals surface area (Å²) in [6, 6.07) is 15.8. The van der Waals surface area contributed by atoms with E-state index in [1.54, 1.807) is 24.3 Å². The molecule has 0 saturated carbocycles. The number of carbonyl (C=O) groups excluding carboxylic acids is 2. The molecule has 0 unspecified atom stereocenters. The summed E-state index contributed by atoms with van der Waals surface area (Å²) in [4.78, 5) is 25.8. The largest absolute Gasteiger partial charge is 0.399 e. The molecule has 0 aliphatic carbocycles. The van der Waals surface area contributed by atoms with Crippen molar-refractivity contribution in [1.29, 1.82) is 5.26 Å². The van der Waals surface area contributed by atoms with Crippen LogP contribution in [0.25, 0.3) is 0 Å². The molecule has 138 valence electrons. The van der Waals surface area contributed by atoms with Gasteiger partial charge >= 0.3 is 0 Å². The third-order valence-corrected chi connectivity index (χ3v) is 3.97. The number of carbonyl (C=O) groups is 2. The highest BCUT2D eigenvalue weighted by molar-refractivity contribution is 6.21. The minimum Gasteiger partial charge on any atom is -0.399 e. The third-order valence-electron chi connectivity index (χ3n) is 3.97. The van der Waals surface area contributed by atoms with Gasteiger partial charge in [0, 0.05) is 24.5 Å². The van der Waals surface area contributed by atoms with Gasteiger partial charge in [0.05, 0.1) is 5.69 Å². The van der Waals surface area contributed by atoms with E-state index in [1.807, 2.05) is 30.3 Å². The first kappa shape index (κ1) is 19.7. The zero-order chi connectivity index (χ0) is 20.0. The molecule has 0 heterocycles. The van der Waals surface area contributed by atoms with Crippen molar-refractivity contribution in [3.8, 4) is 6.07 Å². The van der Waals surface area contributed by atoms with E-state index in [-0.39, 0.29) is 11.5 Å². The molecule has 0 aliphatic heterocycles. The lowest BCUT2D eigenvalue weighted by Crippen LogP contribution is -2.36. The molecule has 0 aliphatic rings. The van der Waals surface area contributed by atoms with Gasteiger partial charge in [0.1, 0.15) is 11.6 Å². The quantitative estimate of drug-likeness (QED) is 0.479. The van der Waals surface area contributed by atoms with Gasteiger partial charge in [-0.1, -0.05) is 32.0 Å². The Bertz CT molecular complexity index is 909. The maximum Gasteiger partial charge on any atom is 0.277 e. The molecule has 0 spiro atoms. The number of nitrogens with zero attached hydrogens (tertiary/aromatic N) is 2. The lowest BCUT2D eigenvalue weighted by Gasteiger charge is -2.19. The molecule has 0 radical (unpaired) electrons. The van der Waals surface area contributed by atoms with Crippen LogP contribution in [0.3, 0.4) is 0 Å². The Balaban J connectivity index is 2.33. The second-order valence-electron chi connectivity index (χ2n) is 6.31. The molecular weight excluding hydrogens is 340 g/mol. The highest BCUT2D eigenvalue weighted by Gasteiger charge is 2.24. The number of nitrogens with one attached hydrogen (secondary N) is 1. The lowest BCUT2D eigenvalue weighted by molar-refractivity contribution is -0.123. The topological polar surface area (TPSA) is 99.2 Å². The van der Waals surface area contributed by atoms with Crippen LogP contribution in [0.5, 0.6) is 0 Å². The number of imide groups is 1. The van der Waals surface area contributed by atoms with Crippen molar-refractivity contribution >= 4 is 28.9 Å². The van der Waals surface area contributed by atoms with Crippen molar-refractivity contribution < 1.29 is 9.59 Å². The van der Waals surface area contributed by atoms with Crippen LogP contribution in [0.1, 0.15) is 32.3 Å². The molecule has 0 atom stereocenters. The van der Waals surface area contributed by atoms with Gasteiger partial charge in [-0.25, -0.2) is 4.90 Å². The van der Waals surface area contributed by atoms with Crippen LogP contribution < -0.4 is 16.0 Å². The standard InChI is InChI=1S/C21H22N4O2/c1-14(2)19-6-4-5-7-20(19)24-13-16(12-22)21(27)25(15(3)26)18-10-8-17(23)9-11-18/h4-11,13-14,24H,23H2,1-3H3/b16-13-. The smallest absolute Gasteiger partial charge is 0.277 e. The summed E-state index contributed by atoms with van der Waals surface area (Å²) in [5.41, 5.74) is 8.19. The molecule has 2 aromatic carbocycles. The molecule has 6 heteroatoms. The fraction of sp³-hybridized carbons (Fsp3) is 0.190. The van der Waals surface area contributed by atoms with Gasteiger partial charge < -0.3 is 11.1 Å². The predicted molar refractivity (Wildman–Crippen MR) is 107 cm³/mol. The maximum atomic E-state index is 12.8. The maximum absolute atomic E-state index is 12.8. The zero-order valence-corrected chi connectivity index (χ0v) is 15.6. The first-order valence-electron chi connectivity index (χ1n) is 8.51. The van der Waals surface area contributed by atoms with Gasteiger partial charge in [0.25, 0.3) is 5.91 Å². The summed E-state index contributed by atoms with van der Waals surface area (Å²) in [6.45, 7) is 5.38. The number of benzene rings is 2. The minimum atomic E-state index is -0.704. The molecular formula is C21H22N4O2. The van der Waals surface area contributed by atoms with Crippen molar-refractivity contribution in [2.45, 2.75) is 26.7 Å². The number of nitriles is 1. The molecule has 2 aromatic rings. The van der Waals surface area contributed by atoms with Crippen molar-refractivity contribution in [2.75, 3.05) is 16.0 Å². The fourth-order valence-electron chi connectivity index (χ4n) is 2.61. The monoisotopic (exact) mass is 362 g/mol. The SMILES string of the molecule is CC(=O)N(C(=O)/C(C#N)=C\Nc1ccccc1C(C)C)c1ccc(N)cc1.